The quantitative estimate of drug-likeness (QED) is 0.279. The van der Waals surface area contributed by atoms with Crippen molar-refractivity contribution in [3.8, 4) is 34.3 Å². The predicted molar refractivity (Wildman–Crippen MR) is 107 cm³/mol. The molecule has 1 aliphatic rings. The van der Waals surface area contributed by atoms with Crippen LogP contribution in [0.5, 0.6) is 23.0 Å². The van der Waals surface area contributed by atoms with Gasteiger partial charge >= 0.3 is 0 Å². The molecule has 5 atom stereocenters. The summed E-state index contributed by atoms with van der Waals surface area (Å²) in [6.07, 6.45) is -8.16. The summed E-state index contributed by atoms with van der Waals surface area (Å²) in [5.41, 5.74) is -0.801. The van der Waals surface area contributed by atoms with Gasteiger partial charge in [0.15, 0.2) is 5.76 Å². The molecular formula is C21H20O11. The largest absolute Gasteiger partial charge is 0.508 e. The van der Waals surface area contributed by atoms with E-state index in [1.54, 1.807) is 0 Å². The van der Waals surface area contributed by atoms with Gasteiger partial charge in [-0.05, 0) is 24.3 Å². The Bertz CT molecular complexity index is 1190. The Morgan fingerprint density at radius 2 is 1.59 bits per heavy atom. The first-order valence-electron chi connectivity index (χ1n) is 9.50. The summed E-state index contributed by atoms with van der Waals surface area (Å²) in [7, 11) is 0. The molecule has 0 radical (unpaired) electrons. The molecule has 0 bridgehead atoms. The number of phenols is 3. The summed E-state index contributed by atoms with van der Waals surface area (Å²) < 4.78 is 16.6. The van der Waals surface area contributed by atoms with Crippen LogP contribution in [-0.2, 0) is 4.74 Å². The van der Waals surface area contributed by atoms with Crippen LogP contribution in [-0.4, -0.2) is 73.1 Å². The number of benzene rings is 2. The zero-order chi connectivity index (χ0) is 23.2. The number of aromatic hydroxyl groups is 3. The highest BCUT2D eigenvalue weighted by molar-refractivity contribution is 5.88. The Hall–Kier alpha value is -3.35. The van der Waals surface area contributed by atoms with Crippen LogP contribution in [0.4, 0.5) is 0 Å². The number of hydrogen-bond donors (Lipinski definition) is 7. The summed E-state index contributed by atoms with van der Waals surface area (Å²) >= 11 is 0. The molecule has 1 fully saturated rings. The lowest BCUT2D eigenvalue weighted by atomic mass is 9.99. The molecule has 2 heterocycles. The second-order valence-electron chi connectivity index (χ2n) is 7.29. The highest BCUT2D eigenvalue weighted by atomic mass is 16.7. The van der Waals surface area contributed by atoms with E-state index < -0.39 is 54.2 Å². The van der Waals surface area contributed by atoms with E-state index in [0.29, 0.717) is 0 Å². The van der Waals surface area contributed by atoms with Gasteiger partial charge in [0.05, 0.1) is 6.61 Å². The van der Waals surface area contributed by atoms with E-state index in [9.17, 15) is 40.5 Å². The first kappa shape index (κ1) is 21.9. The maximum absolute atomic E-state index is 13.2. The molecule has 11 nitrogen and oxygen atoms in total. The summed E-state index contributed by atoms with van der Waals surface area (Å²) in [4.78, 5) is 13.2. The molecule has 0 saturated carbocycles. The Morgan fingerprint density at radius 3 is 2.25 bits per heavy atom. The van der Waals surface area contributed by atoms with E-state index >= 15 is 0 Å². The van der Waals surface area contributed by atoms with Gasteiger partial charge in [-0.2, -0.15) is 0 Å². The smallest absolute Gasteiger partial charge is 0.239 e. The predicted octanol–water partition coefficient (Wildman–Crippen LogP) is -0.244. The molecule has 1 aromatic heterocycles. The number of ether oxygens (including phenoxy) is 2. The molecule has 3 aromatic rings. The van der Waals surface area contributed by atoms with Crippen molar-refractivity contribution in [1.82, 2.24) is 0 Å². The number of aliphatic hydroxyl groups is 4. The van der Waals surface area contributed by atoms with Crippen molar-refractivity contribution in [3.05, 3.63) is 46.6 Å². The summed E-state index contributed by atoms with van der Waals surface area (Å²) in [6, 6.07) is 7.48. The van der Waals surface area contributed by atoms with Crippen molar-refractivity contribution in [1.29, 1.82) is 0 Å². The molecule has 32 heavy (non-hydrogen) atoms. The molecule has 0 unspecified atom stereocenters. The standard InChI is InChI=1S/C21H20O11/c22-7-13-15(26)17(28)18(29)21(31-13)32-20-16(27)14-11(25)5-10(24)6-12(14)30-19(20)8-1-3-9(23)4-2-8/h1-6,13,15,17-18,21-26,28-29H,7H2/t13-,15+,17+,18-,21+/m1/s1. The fourth-order valence-corrected chi connectivity index (χ4v) is 3.46. The normalized spacial score (nSPS) is 25.7. The van der Waals surface area contributed by atoms with E-state index in [0.717, 1.165) is 12.1 Å². The molecule has 0 spiro atoms. The first-order chi connectivity index (χ1) is 15.2. The fourth-order valence-electron chi connectivity index (χ4n) is 3.46. The highest BCUT2D eigenvalue weighted by Gasteiger charge is 2.45. The van der Waals surface area contributed by atoms with E-state index in [-0.39, 0.29) is 33.8 Å². The summed E-state index contributed by atoms with van der Waals surface area (Å²) in [5, 5.41) is 68.8. The number of fused-ring (bicyclic) bond motifs is 1. The topological polar surface area (TPSA) is 190 Å². The van der Waals surface area contributed by atoms with Crippen molar-refractivity contribution in [2.24, 2.45) is 0 Å². The van der Waals surface area contributed by atoms with E-state index in [4.69, 9.17) is 13.9 Å². The third kappa shape index (κ3) is 3.72. The molecule has 7 N–H and O–H groups in total. The van der Waals surface area contributed by atoms with Crippen LogP contribution in [0.3, 0.4) is 0 Å². The van der Waals surface area contributed by atoms with Crippen molar-refractivity contribution in [2.45, 2.75) is 30.7 Å². The Kier molecular flexibility index (Phi) is 5.67. The molecule has 4 rings (SSSR count). The van der Waals surface area contributed by atoms with Gasteiger partial charge in [0, 0.05) is 17.7 Å². The van der Waals surface area contributed by atoms with Crippen LogP contribution in [0, 0.1) is 0 Å². The SMILES string of the molecule is O=c1c(O[C@@H]2O[C@H](CO)[C@H](O)[C@H](O)[C@H]2O)c(-c2ccc(O)cc2)oc2cc(O)cc(O)c12. The maximum atomic E-state index is 13.2. The second-order valence-corrected chi connectivity index (χ2v) is 7.29. The zero-order valence-electron chi connectivity index (χ0n) is 16.3. The molecule has 170 valence electrons. The number of aliphatic hydroxyl groups excluding tert-OH is 4. The summed E-state index contributed by atoms with van der Waals surface area (Å²) in [6.45, 7) is -0.706. The second kappa shape index (κ2) is 8.30. The van der Waals surface area contributed by atoms with Crippen LogP contribution in [0.25, 0.3) is 22.3 Å². The lowest BCUT2D eigenvalue weighted by Gasteiger charge is -2.39. The lowest BCUT2D eigenvalue weighted by Crippen LogP contribution is -2.60. The van der Waals surface area contributed by atoms with Gasteiger partial charge < -0.3 is 49.6 Å². The highest BCUT2D eigenvalue weighted by Crippen LogP contribution is 2.37. The van der Waals surface area contributed by atoms with Gasteiger partial charge in [0.25, 0.3) is 0 Å². The third-order valence-electron chi connectivity index (χ3n) is 5.13. The Morgan fingerprint density at radius 1 is 0.906 bits per heavy atom. The van der Waals surface area contributed by atoms with Crippen molar-refractivity contribution in [3.63, 3.8) is 0 Å². The first-order valence-corrected chi connectivity index (χ1v) is 9.50. The zero-order valence-corrected chi connectivity index (χ0v) is 16.3. The van der Waals surface area contributed by atoms with Gasteiger partial charge in [-0.1, -0.05) is 0 Å². The third-order valence-corrected chi connectivity index (χ3v) is 5.13. The number of hydrogen-bond acceptors (Lipinski definition) is 11. The maximum Gasteiger partial charge on any atom is 0.239 e. The van der Waals surface area contributed by atoms with Crippen molar-refractivity contribution in [2.75, 3.05) is 6.61 Å². The molecular weight excluding hydrogens is 428 g/mol. The van der Waals surface area contributed by atoms with Crippen LogP contribution in [0.1, 0.15) is 0 Å². The molecule has 0 aliphatic carbocycles. The van der Waals surface area contributed by atoms with Crippen LogP contribution in [0.15, 0.2) is 45.6 Å². The minimum Gasteiger partial charge on any atom is -0.508 e. The summed E-state index contributed by atoms with van der Waals surface area (Å²) in [5.74, 6) is -1.73. The molecule has 0 amide bonds. The average molecular weight is 448 g/mol. The van der Waals surface area contributed by atoms with E-state index in [2.05, 4.69) is 0 Å². The van der Waals surface area contributed by atoms with Gasteiger partial charge in [-0.15, -0.1) is 0 Å². The average Bonchev–Trinajstić information content (AvgIpc) is 2.75. The monoisotopic (exact) mass is 448 g/mol. The van der Waals surface area contributed by atoms with E-state index in [1.807, 2.05) is 0 Å². The molecule has 1 aliphatic heterocycles. The van der Waals surface area contributed by atoms with Crippen molar-refractivity contribution < 1.29 is 49.6 Å². The van der Waals surface area contributed by atoms with Crippen LogP contribution >= 0.6 is 0 Å². The minimum atomic E-state index is -1.80. The Labute approximate surface area is 179 Å². The van der Waals surface area contributed by atoms with Gasteiger partial charge in [0.1, 0.15) is 52.6 Å². The molecule has 2 aromatic carbocycles. The number of phenolic OH excluding ortho intramolecular Hbond substituents is 3. The molecule has 1 saturated heterocycles. The molecule has 11 heteroatoms. The van der Waals surface area contributed by atoms with E-state index in [1.165, 1.54) is 24.3 Å². The van der Waals surface area contributed by atoms with Crippen molar-refractivity contribution >= 4 is 11.0 Å². The Balaban J connectivity index is 1.89. The van der Waals surface area contributed by atoms with Gasteiger partial charge in [0.2, 0.25) is 17.5 Å². The van der Waals surface area contributed by atoms with Gasteiger partial charge in [-0.3, -0.25) is 4.79 Å². The van der Waals surface area contributed by atoms with Gasteiger partial charge in [-0.25, -0.2) is 0 Å². The number of rotatable bonds is 4. The lowest BCUT2D eigenvalue weighted by molar-refractivity contribution is -0.277. The fraction of sp³-hybridized carbons (Fsp3) is 0.286. The minimum absolute atomic E-state index is 0.0661. The van der Waals surface area contributed by atoms with Crippen LogP contribution < -0.4 is 10.2 Å². The van der Waals surface area contributed by atoms with Crippen LogP contribution in [0.2, 0.25) is 0 Å².